The predicted molar refractivity (Wildman–Crippen MR) is 232 cm³/mol. The number of aliphatic hydroxyl groups is 12. The first-order valence-corrected chi connectivity index (χ1v) is 24.4. The summed E-state index contributed by atoms with van der Waals surface area (Å²) in [5.74, 6) is -0.941. The van der Waals surface area contributed by atoms with Gasteiger partial charge >= 0.3 is 5.97 Å². The Labute approximate surface area is 392 Å². The summed E-state index contributed by atoms with van der Waals surface area (Å²) in [5.41, 5.74) is -2.19. The molecular formula is C48H78O19. The molecule has 19 heteroatoms. The molecule has 0 unspecified atom stereocenters. The van der Waals surface area contributed by atoms with E-state index >= 15 is 0 Å². The minimum absolute atomic E-state index is 0.0411. The number of fused-ring (bicyclic) bond motifs is 7. The molecule has 384 valence electrons. The first-order valence-electron chi connectivity index (χ1n) is 24.4. The quantitative estimate of drug-likeness (QED) is 0.0758. The molecule has 7 fully saturated rings. The Balaban J connectivity index is 1.03. The van der Waals surface area contributed by atoms with Crippen LogP contribution in [0, 0.1) is 50.2 Å². The third-order valence-corrected chi connectivity index (χ3v) is 19.3. The van der Waals surface area contributed by atoms with Crippen molar-refractivity contribution in [2.45, 2.75) is 211 Å². The van der Waals surface area contributed by atoms with E-state index < -0.39 is 145 Å². The largest absolute Gasteiger partial charge is 0.432 e. The van der Waals surface area contributed by atoms with E-state index in [1.54, 1.807) is 6.92 Å². The molecule has 8 aliphatic rings. The van der Waals surface area contributed by atoms with Crippen LogP contribution in [0.15, 0.2) is 11.6 Å². The number of carbonyl (C=O) groups is 1. The summed E-state index contributed by atoms with van der Waals surface area (Å²) in [6.45, 7) is 13.1. The van der Waals surface area contributed by atoms with Crippen molar-refractivity contribution in [2.24, 2.45) is 50.2 Å². The van der Waals surface area contributed by atoms with E-state index in [1.807, 2.05) is 6.92 Å². The lowest BCUT2D eigenvalue weighted by molar-refractivity contribution is -0.341. The van der Waals surface area contributed by atoms with Crippen LogP contribution < -0.4 is 0 Å². The maximum absolute atomic E-state index is 15.0. The van der Waals surface area contributed by atoms with Crippen molar-refractivity contribution in [3.05, 3.63) is 11.6 Å². The first-order chi connectivity index (χ1) is 31.2. The molecule has 0 aromatic heterocycles. The van der Waals surface area contributed by atoms with E-state index in [2.05, 4.69) is 40.7 Å². The van der Waals surface area contributed by atoms with E-state index in [9.17, 15) is 66.1 Å². The molecule has 3 saturated heterocycles. The summed E-state index contributed by atoms with van der Waals surface area (Å²) < 4.78 is 35.2. The summed E-state index contributed by atoms with van der Waals surface area (Å²) in [6, 6.07) is 0. The molecule has 0 radical (unpaired) electrons. The fourth-order valence-corrected chi connectivity index (χ4v) is 15.0. The minimum Gasteiger partial charge on any atom is -0.432 e. The highest BCUT2D eigenvalue weighted by Crippen LogP contribution is 2.76. The van der Waals surface area contributed by atoms with Crippen LogP contribution >= 0.6 is 0 Å². The van der Waals surface area contributed by atoms with E-state index in [4.69, 9.17) is 28.4 Å². The van der Waals surface area contributed by atoms with Crippen molar-refractivity contribution in [1.82, 2.24) is 0 Å². The second-order valence-corrected chi connectivity index (χ2v) is 23.5. The molecular weight excluding hydrogens is 881 g/mol. The Morgan fingerprint density at radius 2 is 1.27 bits per heavy atom. The van der Waals surface area contributed by atoms with Crippen LogP contribution in [0.25, 0.3) is 0 Å². The highest BCUT2D eigenvalue weighted by atomic mass is 16.7. The van der Waals surface area contributed by atoms with Gasteiger partial charge in [0, 0.05) is 5.41 Å². The summed E-state index contributed by atoms with van der Waals surface area (Å²) in [7, 11) is 0. The molecule has 25 atom stereocenters. The maximum atomic E-state index is 15.0. The smallest absolute Gasteiger partial charge is 0.315 e. The number of allylic oxidation sites excluding steroid dienone is 2. The molecule has 0 amide bonds. The van der Waals surface area contributed by atoms with Gasteiger partial charge in [-0.25, -0.2) is 0 Å². The highest BCUT2D eigenvalue weighted by molar-refractivity contribution is 5.79. The molecule has 19 nitrogen and oxygen atoms in total. The normalized spacial score (nSPS) is 55.2. The number of rotatable bonds is 9. The molecule has 67 heavy (non-hydrogen) atoms. The van der Waals surface area contributed by atoms with Crippen LogP contribution in [0.1, 0.15) is 106 Å². The van der Waals surface area contributed by atoms with Crippen molar-refractivity contribution < 1.29 is 94.5 Å². The zero-order valence-electron chi connectivity index (χ0n) is 39.8. The van der Waals surface area contributed by atoms with Gasteiger partial charge in [0.1, 0.15) is 67.1 Å². The number of hydrogen-bond acceptors (Lipinski definition) is 19. The molecule has 5 aliphatic carbocycles. The standard InChI is InChI=1S/C48H78O19/c1-21-29(52)32(55)36(59)40(63-21)66-38-24(51)17-44(4)27(45(38,5)20-50)10-11-47(7)28(44)9-8-22-23-16-43(2,3)12-14-48(23,15-13-46(22,47)6)42(61)67-41-37(60)34(57)31(54)26(65-41)19-62-39-35(58)33(56)30(53)25(18-49)64-39/h8,21,23-41,49-60H,9-20H2,1-7H3/t21-,23-,24-,25+,26+,27+,28+,29-,30+,31+,32+,33-,34-,35+,36+,37+,38-,39+,40-,41-,44-,45-,46+,47+,48-/m0/s1. The van der Waals surface area contributed by atoms with Gasteiger partial charge < -0.3 is 89.7 Å². The minimum atomic E-state index is -1.83. The van der Waals surface area contributed by atoms with Gasteiger partial charge in [-0.1, -0.05) is 53.2 Å². The molecule has 0 aromatic carbocycles. The summed E-state index contributed by atoms with van der Waals surface area (Å²) in [4.78, 5) is 15.0. The Morgan fingerprint density at radius 3 is 1.93 bits per heavy atom. The topological polar surface area (TPSA) is 315 Å². The first kappa shape index (κ1) is 51.9. The Kier molecular flexibility index (Phi) is 14.1. The van der Waals surface area contributed by atoms with Gasteiger partial charge in [-0.15, -0.1) is 0 Å². The van der Waals surface area contributed by atoms with Crippen molar-refractivity contribution in [1.29, 1.82) is 0 Å². The molecule has 0 bridgehead atoms. The van der Waals surface area contributed by atoms with E-state index in [-0.39, 0.29) is 35.2 Å². The van der Waals surface area contributed by atoms with Crippen molar-refractivity contribution in [3.63, 3.8) is 0 Å². The average Bonchev–Trinajstić information content (AvgIpc) is 3.28. The third kappa shape index (κ3) is 8.10. The molecule has 3 heterocycles. The van der Waals surface area contributed by atoms with Crippen LogP contribution in [0.4, 0.5) is 0 Å². The lowest BCUT2D eigenvalue weighted by Gasteiger charge is -2.72. The van der Waals surface area contributed by atoms with Crippen molar-refractivity contribution >= 4 is 5.97 Å². The van der Waals surface area contributed by atoms with E-state index in [0.717, 1.165) is 12.8 Å². The number of ether oxygens (including phenoxy) is 6. The Morgan fingerprint density at radius 1 is 0.672 bits per heavy atom. The highest BCUT2D eigenvalue weighted by Gasteiger charge is 2.71. The predicted octanol–water partition coefficient (Wildman–Crippen LogP) is -0.889. The van der Waals surface area contributed by atoms with Crippen molar-refractivity contribution in [2.75, 3.05) is 19.8 Å². The lowest BCUT2D eigenvalue weighted by atomic mass is 9.33. The zero-order valence-corrected chi connectivity index (χ0v) is 39.8. The summed E-state index contributed by atoms with van der Waals surface area (Å²) in [6.07, 6.45) is -17.3. The zero-order chi connectivity index (χ0) is 49.1. The van der Waals surface area contributed by atoms with Gasteiger partial charge in [-0.05, 0) is 104 Å². The monoisotopic (exact) mass is 959 g/mol. The number of esters is 1. The van der Waals surface area contributed by atoms with Crippen molar-refractivity contribution in [3.8, 4) is 0 Å². The molecule has 8 rings (SSSR count). The van der Waals surface area contributed by atoms with Crippen LogP contribution in [0.3, 0.4) is 0 Å². The van der Waals surface area contributed by atoms with Gasteiger partial charge in [-0.3, -0.25) is 4.79 Å². The molecule has 12 N–H and O–H groups in total. The third-order valence-electron chi connectivity index (χ3n) is 19.3. The summed E-state index contributed by atoms with van der Waals surface area (Å²) in [5, 5.41) is 129. The lowest BCUT2D eigenvalue weighted by Crippen LogP contribution is -2.69. The fourth-order valence-electron chi connectivity index (χ4n) is 15.0. The van der Waals surface area contributed by atoms with Gasteiger partial charge in [0.2, 0.25) is 6.29 Å². The Hall–Kier alpha value is -1.47. The van der Waals surface area contributed by atoms with E-state index in [1.165, 1.54) is 5.57 Å². The Bertz CT molecular complexity index is 1830. The van der Waals surface area contributed by atoms with Crippen LogP contribution in [-0.2, 0) is 33.2 Å². The fraction of sp³-hybridized carbons (Fsp3) is 0.938. The maximum Gasteiger partial charge on any atom is 0.315 e. The molecule has 0 aromatic rings. The van der Waals surface area contributed by atoms with Gasteiger partial charge in [-0.2, -0.15) is 0 Å². The van der Waals surface area contributed by atoms with Crippen LogP contribution in [0.5, 0.6) is 0 Å². The molecule has 0 spiro atoms. The number of aliphatic hydroxyl groups excluding tert-OH is 12. The number of carbonyl (C=O) groups excluding carboxylic acids is 1. The number of hydrogen-bond donors (Lipinski definition) is 12. The van der Waals surface area contributed by atoms with Crippen LogP contribution in [0.2, 0.25) is 0 Å². The van der Waals surface area contributed by atoms with E-state index in [0.29, 0.717) is 44.9 Å². The summed E-state index contributed by atoms with van der Waals surface area (Å²) >= 11 is 0. The van der Waals surface area contributed by atoms with Gasteiger partial charge in [0.15, 0.2) is 12.6 Å². The molecule has 4 saturated carbocycles. The van der Waals surface area contributed by atoms with Gasteiger partial charge in [0.05, 0.1) is 43.5 Å². The second-order valence-electron chi connectivity index (χ2n) is 23.5. The van der Waals surface area contributed by atoms with Crippen LogP contribution in [-0.4, -0.2) is 191 Å². The second kappa shape index (κ2) is 18.2. The van der Waals surface area contributed by atoms with Gasteiger partial charge in [0.25, 0.3) is 0 Å². The average molecular weight is 959 g/mol. The SMILES string of the molecule is C[C@@H]1O[C@@H](O[C@H]2[C@@H](O)C[C@@]3(C)[C@@H](CC[C@]4(C)[C@@H]3CC=C3[C@@H]5CC(C)(C)CC[C@]5(C(=O)O[C@@H]5O[C@H](CO[C@@H]6O[C@H](CO)[C@@H](O)[C@H](O)[C@H]6O)[C@@H](O)[C@H](O)[C@H]5O)CC[C@]34C)[C@]2(C)CO)[C@H](O)[C@H](O)[C@H]1O. The molecule has 3 aliphatic heterocycles.